The minimum atomic E-state index is 0.167. The monoisotopic (exact) mass is 127 g/mol. The van der Waals surface area contributed by atoms with Crippen LogP contribution in [0.15, 0.2) is 12.3 Å². The van der Waals surface area contributed by atoms with Gasteiger partial charge in [0.25, 0.3) is 0 Å². The Bertz CT molecular complexity index is 101. The van der Waals surface area contributed by atoms with Crippen LogP contribution >= 0.6 is 0 Å². The summed E-state index contributed by atoms with van der Waals surface area (Å²) in [6.45, 7) is 10.2. The van der Waals surface area contributed by atoms with Crippen molar-refractivity contribution in [2.75, 3.05) is 0 Å². The molecule has 0 heterocycles. The van der Waals surface area contributed by atoms with E-state index in [0.29, 0.717) is 0 Å². The molecular weight excluding hydrogens is 110 g/mol. The van der Waals surface area contributed by atoms with Crippen molar-refractivity contribution in [3.63, 3.8) is 0 Å². The van der Waals surface area contributed by atoms with Gasteiger partial charge in [-0.2, -0.15) is 0 Å². The van der Waals surface area contributed by atoms with Crippen molar-refractivity contribution in [1.82, 2.24) is 0 Å². The highest BCUT2D eigenvalue weighted by Crippen LogP contribution is 2.29. The molecule has 0 aliphatic heterocycles. The maximum Gasteiger partial charge on any atom is 0.00674 e. The van der Waals surface area contributed by atoms with E-state index in [4.69, 9.17) is 5.73 Å². The lowest BCUT2D eigenvalue weighted by Crippen LogP contribution is -2.21. The van der Waals surface area contributed by atoms with Crippen LogP contribution in [-0.4, -0.2) is 0 Å². The topological polar surface area (TPSA) is 26.0 Å². The van der Waals surface area contributed by atoms with Gasteiger partial charge in [0.15, 0.2) is 0 Å². The van der Waals surface area contributed by atoms with E-state index in [-0.39, 0.29) is 5.41 Å². The van der Waals surface area contributed by atoms with Gasteiger partial charge in [-0.3, -0.25) is 0 Å². The maximum absolute atomic E-state index is 5.60. The maximum atomic E-state index is 5.60. The smallest absolute Gasteiger partial charge is 0.00674 e. The summed E-state index contributed by atoms with van der Waals surface area (Å²) in [7, 11) is 0. The van der Waals surface area contributed by atoms with Crippen LogP contribution in [-0.2, 0) is 0 Å². The fourth-order valence-electron chi connectivity index (χ4n) is 0.704. The third kappa shape index (κ3) is 1.74. The Balaban J connectivity index is 4.09. The Morgan fingerprint density at radius 1 is 1.44 bits per heavy atom. The van der Waals surface area contributed by atoms with Crippen molar-refractivity contribution in [2.24, 2.45) is 11.1 Å². The van der Waals surface area contributed by atoms with Crippen LogP contribution in [0.25, 0.3) is 0 Å². The molecule has 0 aliphatic carbocycles. The van der Waals surface area contributed by atoms with Crippen molar-refractivity contribution in [1.29, 1.82) is 0 Å². The average Bonchev–Trinajstić information content (AvgIpc) is 1.86. The lowest BCUT2D eigenvalue weighted by atomic mass is 9.82. The van der Waals surface area contributed by atoms with Crippen LogP contribution in [0.2, 0.25) is 0 Å². The first-order valence-corrected chi connectivity index (χ1v) is 3.51. The third-order valence-corrected chi connectivity index (χ3v) is 2.34. The first kappa shape index (κ1) is 8.54. The molecule has 0 aromatic rings. The molecule has 0 aromatic carbocycles. The Hall–Kier alpha value is -0.460. The first-order valence-electron chi connectivity index (χ1n) is 3.51. The second-order valence-electron chi connectivity index (χ2n) is 2.79. The van der Waals surface area contributed by atoms with Crippen LogP contribution in [0.5, 0.6) is 0 Å². The molecule has 0 spiro atoms. The number of hydrogen-bond acceptors (Lipinski definition) is 1. The lowest BCUT2D eigenvalue weighted by molar-refractivity contribution is 0.365. The van der Waals surface area contributed by atoms with Gasteiger partial charge in [0, 0.05) is 11.1 Å². The second-order valence-corrected chi connectivity index (χ2v) is 2.79. The van der Waals surface area contributed by atoms with Crippen molar-refractivity contribution in [3.05, 3.63) is 12.3 Å². The molecule has 0 aliphatic rings. The molecule has 0 bridgehead atoms. The highest BCUT2D eigenvalue weighted by Gasteiger charge is 2.20. The van der Waals surface area contributed by atoms with Gasteiger partial charge >= 0.3 is 0 Å². The van der Waals surface area contributed by atoms with E-state index in [2.05, 4.69) is 27.4 Å². The standard InChI is InChI=1S/C8H17N/c1-5-8(4,6-2)7(3)9/h3,5-6,9H2,1-2,4H3. The van der Waals surface area contributed by atoms with Gasteiger partial charge in [0.05, 0.1) is 0 Å². The number of nitrogens with two attached hydrogens (primary N) is 1. The minimum Gasteiger partial charge on any atom is -0.402 e. The lowest BCUT2D eigenvalue weighted by Gasteiger charge is -2.26. The van der Waals surface area contributed by atoms with Crippen molar-refractivity contribution >= 4 is 0 Å². The average molecular weight is 127 g/mol. The molecule has 0 saturated heterocycles. The summed E-state index contributed by atoms with van der Waals surface area (Å²) in [5.41, 5.74) is 6.58. The van der Waals surface area contributed by atoms with E-state index < -0.39 is 0 Å². The quantitative estimate of drug-likeness (QED) is 0.618. The largest absolute Gasteiger partial charge is 0.402 e. The molecule has 0 rings (SSSR count). The van der Waals surface area contributed by atoms with E-state index in [9.17, 15) is 0 Å². The molecule has 2 N–H and O–H groups in total. The van der Waals surface area contributed by atoms with Gasteiger partial charge in [-0.15, -0.1) is 0 Å². The summed E-state index contributed by atoms with van der Waals surface area (Å²) < 4.78 is 0. The van der Waals surface area contributed by atoms with Gasteiger partial charge in [-0.05, 0) is 12.8 Å². The van der Waals surface area contributed by atoms with E-state index in [0.717, 1.165) is 18.5 Å². The zero-order valence-corrected chi connectivity index (χ0v) is 6.70. The summed E-state index contributed by atoms with van der Waals surface area (Å²) in [6, 6.07) is 0. The Kier molecular flexibility index (Phi) is 2.75. The molecule has 0 atom stereocenters. The predicted octanol–water partition coefficient (Wildman–Crippen LogP) is 2.29. The summed E-state index contributed by atoms with van der Waals surface area (Å²) in [6.07, 6.45) is 2.16. The number of hydrogen-bond donors (Lipinski definition) is 1. The molecule has 9 heavy (non-hydrogen) atoms. The highest BCUT2D eigenvalue weighted by molar-refractivity contribution is 5.02. The molecule has 0 fully saturated rings. The molecule has 0 radical (unpaired) electrons. The Labute approximate surface area is 57.9 Å². The first-order chi connectivity index (χ1) is 4.06. The van der Waals surface area contributed by atoms with Crippen molar-refractivity contribution in [3.8, 4) is 0 Å². The van der Waals surface area contributed by atoms with E-state index >= 15 is 0 Å². The summed E-state index contributed by atoms with van der Waals surface area (Å²) >= 11 is 0. The Morgan fingerprint density at radius 2 is 1.78 bits per heavy atom. The van der Waals surface area contributed by atoms with Crippen molar-refractivity contribution in [2.45, 2.75) is 33.6 Å². The third-order valence-electron chi connectivity index (χ3n) is 2.34. The van der Waals surface area contributed by atoms with Crippen LogP contribution in [0.1, 0.15) is 33.6 Å². The summed E-state index contributed by atoms with van der Waals surface area (Å²) in [5.74, 6) is 0. The molecule has 54 valence electrons. The second kappa shape index (κ2) is 2.90. The molecule has 0 aromatic heterocycles. The number of allylic oxidation sites excluding steroid dienone is 1. The van der Waals surface area contributed by atoms with Crippen molar-refractivity contribution < 1.29 is 0 Å². The van der Waals surface area contributed by atoms with Crippen LogP contribution < -0.4 is 5.73 Å². The normalized spacial score (nSPS) is 11.4. The Morgan fingerprint density at radius 3 is 1.78 bits per heavy atom. The van der Waals surface area contributed by atoms with Gasteiger partial charge in [0.2, 0.25) is 0 Å². The van der Waals surface area contributed by atoms with E-state index in [1.54, 1.807) is 0 Å². The fraction of sp³-hybridized carbons (Fsp3) is 0.750. The molecule has 0 unspecified atom stereocenters. The van der Waals surface area contributed by atoms with E-state index in [1.807, 2.05) is 0 Å². The predicted molar refractivity (Wildman–Crippen MR) is 42.0 cm³/mol. The molecule has 1 nitrogen and oxygen atoms in total. The van der Waals surface area contributed by atoms with Gasteiger partial charge < -0.3 is 5.73 Å². The fourth-order valence-corrected chi connectivity index (χ4v) is 0.704. The minimum absolute atomic E-state index is 0.167. The van der Waals surface area contributed by atoms with Gasteiger partial charge in [0.1, 0.15) is 0 Å². The van der Waals surface area contributed by atoms with Crippen LogP contribution in [0, 0.1) is 5.41 Å². The zero-order valence-electron chi connectivity index (χ0n) is 6.70. The molecule has 0 saturated carbocycles. The van der Waals surface area contributed by atoms with Gasteiger partial charge in [-0.1, -0.05) is 27.4 Å². The zero-order chi connectivity index (χ0) is 7.49. The molecular formula is C8H17N. The summed E-state index contributed by atoms with van der Waals surface area (Å²) in [5, 5.41) is 0. The van der Waals surface area contributed by atoms with Crippen LogP contribution in [0.4, 0.5) is 0 Å². The summed E-state index contributed by atoms with van der Waals surface area (Å²) in [4.78, 5) is 0. The van der Waals surface area contributed by atoms with E-state index in [1.165, 1.54) is 0 Å². The highest BCUT2D eigenvalue weighted by atomic mass is 14.6. The molecule has 1 heteroatoms. The van der Waals surface area contributed by atoms with Gasteiger partial charge in [-0.25, -0.2) is 0 Å². The van der Waals surface area contributed by atoms with Crippen LogP contribution in [0.3, 0.4) is 0 Å². The SMILES string of the molecule is C=C(N)C(C)(CC)CC. The molecule has 0 amide bonds. The number of rotatable bonds is 3.